The molecule has 0 aliphatic carbocycles. The molecule has 1 unspecified atom stereocenters. The molecular formula is C20H25N2O3+. The maximum Gasteiger partial charge on any atom is 0.363 e. The molecule has 2 aromatic carbocycles. The van der Waals surface area contributed by atoms with Crippen LogP contribution >= 0.6 is 0 Å². The normalized spacial score (nSPS) is 23.7. The number of quaternary nitrogens is 1. The molecule has 0 aromatic heterocycles. The molecule has 2 aromatic rings. The maximum absolute atomic E-state index is 13.6. The number of nitrogen functional groups attached to an aromatic ring is 1. The zero-order valence-corrected chi connectivity index (χ0v) is 15.0. The molecule has 3 rings (SSSR count). The Labute approximate surface area is 147 Å². The van der Waals surface area contributed by atoms with Gasteiger partial charge < -0.3 is 10.8 Å². The number of amides is 1. The fraction of sp³-hybridized carbons (Fsp3) is 0.400. The number of carbonyl (C=O) groups excluding carboxylic acids is 1. The van der Waals surface area contributed by atoms with E-state index in [9.17, 15) is 14.7 Å². The summed E-state index contributed by atoms with van der Waals surface area (Å²) in [4.78, 5) is 25.5. The first-order valence-electron chi connectivity index (χ1n) is 8.62. The second kappa shape index (κ2) is 5.85. The van der Waals surface area contributed by atoms with E-state index in [0.29, 0.717) is 30.6 Å². The lowest BCUT2D eigenvalue weighted by Gasteiger charge is -2.46. The van der Waals surface area contributed by atoms with Gasteiger partial charge in [0.25, 0.3) is 0 Å². The molecule has 2 atom stereocenters. The number of rotatable bonds is 2. The van der Waals surface area contributed by atoms with Crippen LogP contribution in [0.4, 0.5) is 5.69 Å². The standard InChI is InChI=1S/C20H24N2O3/c1-20(2,3)22(10-6-9-17(22)19(24)25)18(23)15-11-13-7-4-5-8-14(13)12-16(15)21/h4-5,7-8,11-12,17H,6,9-10H2,1-3H3,(H2-,21,23,24,25)/p+1/t17-,22?/m1/s1. The lowest BCUT2D eigenvalue weighted by atomic mass is 9.95. The third-order valence-corrected chi connectivity index (χ3v) is 5.51. The van der Waals surface area contributed by atoms with Gasteiger partial charge in [0.1, 0.15) is 5.56 Å². The SMILES string of the molecule is CC(C)(C)[N+]1(C(=O)c2cc3ccccc3cc2N)CCC[C@@H]1C(=O)O. The van der Waals surface area contributed by atoms with Gasteiger partial charge in [0.2, 0.25) is 0 Å². The molecule has 0 radical (unpaired) electrons. The van der Waals surface area contributed by atoms with Crippen LogP contribution in [0.5, 0.6) is 0 Å². The van der Waals surface area contributed by atoms with Crippen LogP contribution < -0.4 is 5.73 Å². The van der Waals surface area contributed by atoms with Gasteiger partial charge in [-0.05, 0) is 43.7 Å². The van der Waals surface area contributed by atoms with Crippen molar-refractivity contribution in [1.29, 1.82) is 0 Å². The molecule has 5 nitrogen and oxygen atoms in total. The lowest BCUT2D eigenvalue weighted by molar-refractivity contribution is -0.899. The average molecular weight is 341 g/mol. The zero-order valence-electron chi connectivity index (χ0n) is 15.0. The number of nitrogens with two attached hydrogens (primary N) is 1. The van der Waals surface area contributed by atoms with E-state index in [1.54, 1.807) is 12.1 Å². The molecule has 5 heteroatoms. The van der Waals surface area contributed by atoms with Gasteiger partial charge in [0, 0.05) is 18.5 Å². The van der Waals surface area contributed by atoms with E-state index in [1.165, 1.54) is 0 Å². The van der Waals surface area contributed by atoms with E-state index in [1.807, 2.05) is 45.0 Å². The van der Waals surface area contributed by atoms with Crippen molar-refractivity contribution in [1.82, 2.24) is 0 Å². The fourth-order valence-corrected chi connectivity index (χ4v) is 4.23. The van der Waals surface area contributed by atoms with Crippen molar-refractivity contribution in [3.05, 3.63) is 42.0 Å². The van der Waals surface area contributed by atoms with Crippen LogP contribution in [-0.4, -0.2) is 39.6 Å². The number of carboxylic acids is 1. The van der Waals surface area contributed by atoms with Crippen molar-refractivity contribution in [2.75, 3.05) is 12.3 Å². The second-order valence-electron chi connectivity index (χ2n) is 7.85. The Kier molecular flexibility index (Phi) is 4.07. The summed E-state index contributed by atoms with van der Waals surface area (Å²) >= 11 is 0. The number of anilines is 1. The molecule has 1 aliphatic heterocycles. The fourth-order valence-electron chi connectivity index (χ4n) is 4.23. The first-order valence-corrected chi connectivity index (χ1v) is 8.62. The van der Waals surface area contributed by atoms with Crippen molar-refractivity contribution < 1.29 is 19.2 Å². The summed E-state index contributed by atoms with van der Waals surface area (Å²) in [6.07, 6.45) is 1.22. The van der Waals surface area contributed by atoms with Gasteiger partial charge >= 0.3 is 11.9 Å². The van der Waals surface area contributed by atoms with Gasteiger partial charge in [-0.25, -0.2) is 14.1 Å². The number of likely N-dealkylation sites (tertiary alicyclic amines) is 1. The van der Waals surface area contributed by atoms with Crippen LogP contribution in [0.15, 0.2) is 36.4 Å². The minimum atomic E-state index is -0.917. The van der Waals surface area contributed by atoms with Crippen LogP contribution in [0, 0.1) is 0 Å². The Morgan fingerprint density at radius 1 is 1.16 bits per heavy atom. The summed E-state index contributed by atoms with van der Waals surface area (Å²) in [7, 11) is 0. The van der Waals surface area contributed by atoms with E-state index < -0.39 is 17.6 Å². The number of nitrogens with zero attached hydrogens (tertiary/aromatic N) is 1. The van der Waals surface area contributed by atoms with Crippen LogP contribution in [-0.2, 0) is 4.79 Å². The van der Waals surface area contributed by atoms with Gasteiger partial charge in [-0.2, -0.15) is 0 Å². The van der Waals surface area contributed by atoms with Crippen molar-refractivity contribution in [3.8, 4) is 0 Å². The molecule has 3 N–H and O–H groups in total. The topological polar surface area (TPSA) is 80.4 Å². The highest BCUT2D eigenvalue weighted by atomic mass is 16.4. The number of fused-ring (bicyclic) bond motifs is 1. The number of aliphatic carboxylic acids is 1. The van der Waals surface area contributed by atoms with E-state index in [4.69, 9.17) is 5.73 Å². The van der Waals surface area contributed by atoms with E-state index in [0.717, 1.165) is 10.8 Å². The Morgan fingerprint density at radius 3 is 2.32 bits per heavy atom. The highest BCUT2D eigenvalue weighted by Crippen LogP contribution is 2.40. The number of carbonyl (C=O) groups is 2. The number of hydrogen-bond acceptors (Lipinski definition) is 3. The summed E-state index contributed by atoms with van der Waals surface area (Å²) in [5.41, 5.74) is 6.49. The highest BCUT2D eigenvalue weighted by molar-refractivity contribution is 6.01. The van der Waals surface area contributed by atoms with Gasteiger partial charge in [0.15, 0.2) is 6.04 Å². The minimum Gasteiger partial charge on any atom is -0.477 e. The lowest BCUT2D eigenvalue weighted by Crippen LogP contribution is -2.67. The smallest absolute Gasteiger partial charge is 0.363 e. The first kappa shape index (κ1) is 17.4. The van der Waals surface area contributed by atoms with Crippen molar-refractivity contribution in [2.24, 2.45) is 0 Å². The van der Waals surface area contributed by atoms with Gasteiger partial charge in [-0.3, -0.25) is 0 Å². The maximum atomic E-state index is 13.6. The summed E-state index contributed by atoms with van der Waals surface area (Å²) in [6.45, 7) is 6.32. The van der Waals surface area contributed by atoms with E-state index >= 15 is 0 Å². The minimum absolute atomic E-state index is 0.0924. The number of carboxylic acid groups (broad SMARTS) is 1. The predicted octanol–water partition coefficient (Wildman–Crippen LogP) is 3.42. The first-order chi connectivity index (χ1) is 11.7. The molecule has 1 amide bonds. The third-order valence-electron chi connectivity index (χ3n) is 5.51. The van der Waals surface area contributed by atoms with Crippen molar-refractivity contribution in [2.45, 2.75) is 45.2 Å². The van der Waals surface area contributed by atoms with Gasteiger partial charge in [0.05, 0.1) is 12.1 Å². The summed E-state index contributed by atoms with van der Waals surface area (Å²) in [6, 6.07) is 10.6. The number of hydrogen-bond donors (Lipinski definition) is 2. The highest BCUT2D eigenvalue weighted by Gasteiger charge is 2.59. The van der Waals surface area contributed by atoms with Crippen LogP contribution in [0.3, 0.4) is 0 Å². The molecule has 0 saturated carbocycles. The van der Waals surface area contributed by atoms with Crippen LogP contribution in [0.2, 0.25) is 0 Å². The second-order valence-corrected chi connectivity index (χ2v) is 7.85. The summed E-state index contributed by atoms with van der Waals surface area (Å²) in [5.74, 6) is -1.11. The molecule has 1 saturated heterocycles. The van der Waals surface area contributed by atoms with Crippen molar-refractivity contribution in [3.63, 3.8) is 0 Å². The Hall–Kier alpha value is -2.40. The third kappa shape index (κ3) is 2.59. The summed E-state index contributed by atoms with van der Waals surface area (Å²) < 4.78 is -0.0924. The summed E-state index contributed by atoms with van der Waals surface area (Å²) in [5, 5.41) is 11.6. The van der Waals surface area contributed by atoms with Crippen LogP contribution in [0.25, 0.3) is 10.8 Å². The largest absolute Gasteiger partial charge is 0.477 e. The zero-order chi connectivity index (χ0) is 18.4. The quantitative estimate of drug-likeness (QED) is 0.648. The molecule has 1 fully saturated rings. The molecule has 25 heavy (non-hydrogen) atoms. The molecule has 132 valence electrons. The van der Waals surface area contributed by atoms with Crippen molar-refractivity contribution >= 4 is 28.3 Å². The Bertz CT molecular complexity index is 854. The molecule has 0 bridgehead atoms. The van der Waals surface area contributed by atoms with E-state index in [-0.39, 0.29) is 10.4 Å². The van der Waals surface area contributed by atoms with Gasteiger partial charge in [-0.15, -0.1) is 0 Å². The average Bonchev–Trinajstić information content (AvgIpc) is 2.99. The number of benzene rings is 2. The van der Waals surface area contributed by atoms with Gasteiger partial charge in [-0.1, -0.05) is 24.3 Å². The molecular weight excluding hydrogens is 316 g/mol. The molecule has 1 aliphatic rings. The molecule has 0 spiro atoms. The van der Waals surface area contributed by atoms with E-state index in [2.05, 4.69) is 0 Å². The Morgan fingerprint density at radius 2 is 1.76 bits per heavy atom. The van der Waals surface area contributed by atoms with Crippen LogP contribution in [0.1, 0.15) is 44.0 Å². The molecule has 1 heterocycles. The monoisotopic (exact) mass is 341 g/mol. The predicted molar refractivity (Wildman–Crippen MR) is 98.2 cm³/mol. The Balaban J connectivity index is 2.20.